The first-order valence-corrected chi connectivity index (χ1v) is 5.54. The third-order valence-electron chi connectivity index (χ3n) is 2.48. The predicted molar refractivity (Wildman–Crippen MR) is 64.6 cm³/mol. The molecule has 1 aromatic carbocycles. The molecule has 3 heteroatoms. The number of ether oxygens (including phenoxy) is 1. The van der Waals surface area contributed by atoms with Gasteiger partial charge in [0.25, 0.3) is 0 Å². The molecule has 0 aliphatic rings. The first-order chi connectivity index (χ1) is 8.25. The molecule has 0 unspecified atom stereocenters. The molecule has 2 nitrogen and oxygen atoms in total. The van der Waals surface area contributed by atoms with Gasteiger partial charge in [-0.2, -0.15) is 0 Å². The highest BCUT2D eigenvalue weighted by atomic mass is 19.1. The largest absolute Gasteiger partial charge is 0.493 e. The molecule has 1 heterocycles. The van der Waals surface area contributed by atoms with Crippen molar-refractivity contribution < 1.29 is 9.13 Å². The lowest BCUT2D eigenvalue weighted by atomic mass is 10.2. The van der Waals surface area contributed by atoms with Gasteiger partial charge in [0, 0.05) is 18.3 Å². The van der Waals surface area contributed by atoms with Gasteiger partial charge in [-0.15, -0.1) is 0 Å². The molecular formula is C14H14FNO. The van der Waals surface area contributed by atoms with Crippen LogP contribution in [-0.2, 0) is 6.42 Å². The van der Waals surface area contributed by atoms with Crippen molar-refractivity contribution >= 4 is 0 Å². The van der Waals surface area contributed by atoms with Gasteiger partial charge in [0.15, 0.2) is 0 Å². The molecule has 2 aromatic rings. The second-order valence-corrected chi connectivity index (χ2v) is 3.83. The maximum Gasteiger partial charge on any atom is 0.126 e. The molecule has 0 fully saturated rings. The smallest absolute Gasteiger partial charge is 0.126 e. The molecule has 17 heavy (non-hydrogen) atoms. The van der Waals surface area contributed by atoms with Gasteiger partial charge in [-0.3, -0.25) is 4.98 Å². The van der Waals surface area contributed by atoms with Gasteiger partial charge in [0.2, 0.25) is 0 Å². The summed E-state index contributed by atoms with van der Waals surface area (Å²) in [6, 6.07) is 10.6. The third-order valence-corrected chi connectivity index (χ3v) is 2.48. The molecule has 0 aliphatic heterocycles. The third kappa shape index (κ3) is 3.28. The van der Waals surface area contributed by atoms with E-state index in [1.165, 1.54) is 6.07 Å². The Kier molecular flexibility index (Phi) is 3.70. The normalized spacial score (nSPS) is 10.2. The lowest BCUT2D eigenvalue weighted by Gasteiger charge is -2.06. The lowest BCUT2D eigenvalue weighted by molar-refractivity contribution is 0.319. The maximum absolute atomic E-state index is 13.0. The second kappa shape index (κ2) is 5.43. The van der Waals surface area contributed by atoms with Crippen molar-refractivity contribution in [1.29, 1.82) is 0 Å². The molecule has 0 atom stereocenters. The monoisotopic (exact) mass is 231 g/mol. The maximum atomic E-state index is 13.0. The van der Waals surface area contributed by atoms with E-state index >= 15 is 0 Å². The highest BCUT2D eigenvalue weighted by Crippen LogP contribution is 2.16. The Morgan fingerprint density at radius 3 is 2.82 bits per heavy atom. The molecule has 0 bridgehead atoms. The van der Waals surface area contributed by atoms with Crippen LogP contribution in [0.1, 0.15) is 11.3 Å². The Labute approximate surface area is 100 Å². The molecule has 0 saturated heterocycles. The molecule has 2 rings (SSSR count). The van der Waals surface area contributed by atoms with E-state index in [1.54, 1.807) is 25.3 Å². The molecule has 0 N–H and O–H groups in total. The number of aromatic nitrogens is 1. The van der Waals surface area contributed by atoms with E-state index in [1.807, 2.05) is 18.2 Å². The number of nitrogens with zero attached hydrogens (tertiary/aromatic N) is 1. The highest BCUT2D eigenvalue weighted by Gasteiger charge is 2.00. The van der Waals surface area contributed by atoms with Gasteiger partial charge < -0.3 is 4.74 Å². The van der Waals surface area contributed by atoms with Crippen LogP contribution >= 0.6 is 0 Å². The van der Waals surface area contributed by atoms with Crippen molar-refractivity contribution in [2.45, 2.75) is 13.3 Å². The van der Waals surface area contributed by atoms with Gasteiger partial charge in [-0.25, -0.2) is 4.39 Å². The van der Waals surface area contributed by atoms with Crippen LogP contribution in [0.2, 0.25) is 0 Å². The number of halogens is 1. The van der Waals surface area contributed by atoms with Gasteiger partial charge in [-0.05, 0) is 42.8 Å². The zero-order chi connectivity index (χ0) is 12.1. The van der Waals surface area contributed by atoms with Gasteiger partial charge in [-0.1, -0.05) is 6.07 Å². The summed E-state index contributed by atoms with van der Waals surface area (Å²) in [5.41, 5.74) is 1.59. The van der Waals surface area contributed by atoms with Crippen molar-refractivity contribution in [2.24, 2.45) is 0 Å². The van der Waals surface area contributed by atoms with Gasteiger partial charge in [0.05, 0.1) is 6.61 Å². The highest BCUT2D eigenvalue weighted by molar-refractivity contribution is 5.28. The van der Waals surface area contributed by atoms with Crippen LogP contribution in [0.5, 0.6) is 5.75 Å². The predicted octanol–water partition coefficient (Wildman–Crippen LogP) is 3.15. The van der Waals surface area contributed by atoms with Crippen molar-refractivity contribution in [2.75, 3.05) is 6.61 Å². The molecule has 0 aliphatic carbocycles. The number of hydrogen-bond donors (Lipinski definition) is 0. The fourth-order valence-corrected chi connectivity index (χ4v) is 1.53. The van der Waals surface area contributed by atoms with Crippen LogP contribution in [0.4, 0.5) is 4.39 Å². The molecule has 0 spiro atoms. The van der Waals surface area contributed by atoms with Crippen molar-refractivity contribution in [3.8, 4) is 5.75 Å². The van der Waals surface area contributed by atoms with Crippen molar-refractivity contribution in [3.05, 3.63) is 59.7 Å². The van der Waals surface area contributed by atoms with Crippen LogP contribution < -0.4 is 4.74 Å². The first-order valence-electron chi connectivity index (χ1n) is 5.54. The Balaban J connectivity index is 1.88. The minimum atomic E-state index is -0.206. The summed E-state index contributed by atoms with van der Waals surface area (Å²) in [5.74, 6) is 0.488. The second-order valence-electron chi connectivity index (χ2n) is 3.83. The standard InChI is InChI=1S/C14H14FNO/c1-11-10-13(5-6-14(11)15)17-9-7-12-4-2-3-8-16-12/h2-6,8,10H,7,9H2,1H3. The van der Waals surface area contributed by atoms with Crippen LogP contribution in [0.3, 0.4) is 0 Å². The molecule has 0 saturated carbocycles. The average molecular weight is 231 g/mol. The summed E-state index contributed by atoms with van der Waals surface area (Å²) < 4.78 is 18.6. The van der Waals surface area contributed by atoms with E-state index in [0.717, 1.165) is 12.1 Å². The first kappa shape index (κ1) is 11.6. The zero-order valence-electron chi connectivity index (χ0n) is 9.69. The Bertz CT molecular complexity index is 485. The molecular weight excluding hydrogens is 217 g/mol. The summed E-state index contributed by atoms with van der Waals surface area (Å²) in [4.78, 5) is 4.20. The van der Waals surface area contributed by atoms with E-state index in [9.17, 15) is 4.39 Å². The topological polar surface area (TPSA) is 22.1 Å². The van der Waals surface area contributed by atoms with E-state index in [2.05, 4.69) is 4.98 Å². The number of pyridine rings is 1. The zero-order valence-corrected chi connectivity index (χ0v) is 9.69. The fraction of sp³-hybridized carbons (Fsp3) is 0.214. The van der Waals surface area contributed by atoms with E-state index in [0.29, 0.717) is 17.9 Å². The lowest BCUT2D eigenvalue weighted by Crippen LogP contribution is -2.02. The minimum absolute atomic E-state index is 0.206. The Morgan fingerprint density at radius 2 is 2.12 bits per heavy atom. The van der Waals surface area contributed by atoms with Crippen molar-refractivity contribution in [1.82, 2.24) is 4.98 Å². The summed E-state index contributed by atoms with van der Waals surface area (Å²) in [6.07, 6.45) is 2.51. The molecule has 0 amide bonds. The number of benzene rings is 1. The number of hydrogen-bond acceptors (Lipinski definition) is 2. The fourth-order valence-electron chi connectivity index (χ4n) is 1.53. The Hall–Kier alpha value is -1.90. The molecule has 88 valence electrons. The summed E-state index contributed by atoms with van der Waals surface area (Å²) in [6.45, 7) is 2.27. The molecule has 1 aromatic heterocycles. The number of rotatable bonds is 4. The minimum Gasteiger partial charge on any atom is -0.493 e. The SMILES string of the molecule is Cc1cc(OCCc2ccccn2)ccc1F. The van der Waals surface area contributed by atoms with Crippen LogP contribution in [0.15, 0.2) is 42.6 Å². The van der Waals surface area contributed by atoms with Gasteiger partial charge in [0.1, 0.15) is 11.6 Å². The molecule has 0 radical (unpaired) electrons. The van der Waals surface area contributed by atoms with Gasteiger partial charge >= 0.3 is 0 Å². The van der Waals surface area contributed by atoms with Crippen LogP contribution in [-0.4, -0.2) is 11.6 Å². The van der Waals surface area contributed by atoms with E-state index in [-0.39, 0.29) is 5.82 Å². The quantitative estimate of drug-likeness (QED) is 0.806. The van der Waals surface area contributed by atoms with Crippen molar-refractivity contribution in [3.63, 3.8) is 0 Å². The summed E-state index contributed by atoms with van der Waals surface area (Å²) >= 11 is 0. The number of aryl methyl sites for hydroxylation is 1. The van der Waals surface area contributed by atoms with Crippen LogP contribution in [0.25, 0.3) is 0 Å². The summed E-state index contributed by atoms with van der Waals surface area (Å²) in [5, 5.41) is 0. The van der Waals surface area contributed by atoms with E-state index in [4.69, 9.17) is 4.74 Å². The summed E-state index contributed by atoms with van der Waals surface area (Å²) in [7, 11) is 0. The Morgan fingerprint density at radius 1 is 1.24 bits per heavy atom. The van der Waals surface area contributed by atoms with E-state index < -0.39 is 0 Å². The van der Waals surface area contributed by atoms with Crippen LogP contribution in [0, 0.1) is 12.7 Å². The average Bonchev–Trinajstić information content (AvgIpc) is 2.35.